The van der Waals surface area contributed by atoms with E-state index in [0.29, 0.717) is 6.42 Å². The fraction of sp³-hybridized carbons (Fsp3) is 0.700. The van der Waals surface area contributed by atoms with Crippen LogP contribution in [0.2, 0.25) is 0 Å². The topological polar surface area (TPSA) is 57.5 Å². The van der Waals surface area contributed by atoms with Crippen molar-refractivity contribution in [3.05, 3.63) is 12.2 Å². The summed E-state index contributed by atoms with van der Waals surface area (Å²) in [6.45, 7) is 0.267. The van der Waals surface area contributed by atoms with E-state index in [4.69, 9.17) is 10.2 Å². The van der Waals surface area contributed by atoms with Crippen molar-refractivity contribution in [1.82, 2.24) is 0 Å². The van der Waals surface area contributed by atoms with E-state index in [1.807, 2.05) is 12.2 Å². The van der Waals surface area contributed by atoms with Gasteiger partial charge in [0.2, 0.25) is 0 Å². The number of hydrogen-bond acceptors (Lipinski definition) is 2. The van der Waals surface area contributed by atoms with Gasteiger partial charge in [-0.1, -0.05) is 18.6 Å². The molecule has 0 aliphatic carbocycles. The molecule has 0 spiro atoms. The molecule has 0 aliphatic heterocycles. The zero-order chi connectivity index (χ0) is 9.94. The van der Waals surface area contributed by atoms with E-state index < -0.39 is 5.97 Å². The normalized spacial score (nSPS) is 10.8. The standard InChI is InChI=1S/C10H18O3/c11-9-7-5-3-1-2-4-6-8-10(12)13/h2,4,11H,1,3,5-9H2,(H,12,13). The van der Waals surface area contributed by atoms with Gasteiger partial charge < -0.3 is 10.2 Å². The van der Waals surface area contributed by atoms with Crippen LogP contribution in [0.5, 0.6) is 0 Å². The molecule has 0 aliphatic rings. The van der Waals surface area contributed by atoms with E-state index in [-0.39, 0.29) is 13.0 Å². The molecule has 0 rings (SSSR count). The molecule has 76 valence electrons. The number of carboxylic acids is 1. The fourth-order valence-electron chi connectivity index (χ4n) is 0.993. The number of rotatable bonds is 8. The van der Waals surface area contributed by atoms with E-state index in [1.54, 1.807) is 0 Å². The van der Waals surface area contributed by atoms with Crippen LogP contribution in [0.4, 0.5) is 0 Å². The molecule has 3 heteroatoms. The van der Waals surface area contributed by atoms with Gasteiger partial charge in [0.25, 0.3) is 0 Å². The number of allylic oxidation sites excluding steroid dienone is 2. The van der Waals surface area contributed by atoms with Gasteiger partial charge in [-0.25, -0.2) is 0 Å². The number of aliphatic hydroxyl groups excluding tert-OH is 1. The monoisotopic (exact) mass is 186 g/mol. The average molecular weight is 186 g/mol. The van der Waals surface area contributed by atoms with Gasteiger partial charge in [0.1, 0.15) is 0 Å². The summed E-state index contributed by atoms with van der Waals surface area (Å²) in [6.07, 6.45) is 8.72. The Kier molecular flexibility index (Phi) is 8.67. The summed E-state index contributed by atoms with van der Waals surface area (Å²) < 4.78 is 0. The van der Waals surface area contributed by atoms with Crippen LogP contribution in [-0.2, 0) is 4.79 Å². The first kappa shape index (κ1) is 12.2. The third kappa shape index (κ3) is 11.2. The molecule has 0 aromatic rings. The van der Waals surface area contributed by atoms with Crippen LogP contribution < -0.4 is 0 Å². The van der Waals surface area contributed by atoms with Crippen LogP contribution >= 0.6 is 0 Å². The van der Waals surface area contributed by atoms with Crippen molar-refractivity contribution in [2.24, 2.45) is 0 Å². The second kappa shape index (κ2) is 9.26. The smallest absolute Gasteiger partial charge is 0.303 e. The van der Waals surface area contributed by atoms with Crippen LogP contribution in [0.25, 0.3) is 0 Å². The van der Waals surface area contributed by atoms with Crippen molar-refractivity contribution in [3.63, 3.8) is 0 Å². The maximum Gasteiger partial charge on any atom is 0.303 e. The number of aliphatic hydroxyl groups is 1. The molecule has 0 aromatic heterocycles. The average Bonchev–Trinajstić information content (AvgIpc) is 2.09. The molecule has 0 bridgehead atoms. The summed E-state index contributed by atoms with van der Waals surface area (Å²) in [6, 6.07) is 0. The number of carbonyl (C=O) groups is 1. The first-order chi connectivity index (χ1) is 6.27. The summed E-state index contributed by atoms with van der Waals surface area (Å²) in [4.78, 5) is 10.1. The molecule has 0 atom stereocenters. The Labute approximate surface area is 79.1 Å². The minimum atomic E-state index is -0.745. The maximum absolute atomic E-state index is 10.1. The van der Waals surface area contributed by atoms with Gasteiger partial charge in [-0.2, -0.15) is 0 Å². The highest BCUT2D eigenvalue weighted by Crippen LogP contribution is 2.01. The zero-order valence-electron chi connectivity index (χ0n) is 7.91. The van der Waals surface area contributed by atoms with E-state index in [9.17, 15) is 4.79 Å². The molecular weight excluding hydrogens is 168 g/mol. The quantitative estimate of drug-likeness (QED) is 0.450. The van der Waals surface area contributed by atoms with Crippen LogP contribution in [-0.4, -0.2) is 22.8 Å². The molecule has 0 radical (unpaired) electrons. The van der Waals surface area contributed by atoms with Crippen molar-refractivity contribution in [1.29, 1.82) is 0 Å². The van der Waals surface area contributed by atoms with Gasteiger partial charge in [0, 0.05) is 13.0 Å². The zero-order valence-corrected chi connectivity index (χ0v) is 7.91. The fourth-order valence-corrected chi connectivity index (χ4v) is 0.993. The van der Waals surface area contributed by atoms with Crippen LogP contribution in [0.1, 0.15) is 38.5 Å². The minimum Gasteiger partial charge on any atom is -0.481 e. The first-order valence-corrected chi connectivity index (χ1v) is 4.75. The van der Waals surface area contributed by atoms with Crippen molar-refractivity contribution < 1.29 is 15.0 Å². The summed E-state index contributed by atoms with van der Waals surface area (Å²) in [5.74, 6) is -0.745. The van der Waals surface area contributed by atoms with E-state index in [0.717, 1.165) is 25.7 Å². The Morgan fingerprint density at radius 1 is 1.08 bits per heavy atom. The summed E-state index contributed by atoms with van der Waals surface area (Å²) in [5.41, 5.74) is 0. The Morgan fingerprint density at radius 3 is 2.38 bits per heavy atom. The van der Waals surface area contributed by atoms with E-state index >= 15 is 0 Å². The van der Waals surface area contributed by atoms with Gasteiger partial charge in [-0.05, 0) is 25.7 Å². The third-order valence-corrected chi connectivity index (χ3v) is 1.72. The lowest BCUT2D eigenvalue weighted by atomic mass is 10.2. The molecule has 3 nitrogen and oxygen atoms in total. The van der Waals surface area contributed by atoms with E-state index in [2.05, 4.69) is 0 Å². The van der Waals surface area contributed by atoms with Crippen molar-refractivity contribution in [2.45, 2.75) is 38.5 Å². The SMILES string of the molecule is O=C(O)CCC=CCCCCCO. The highest BCUT2D eigenvalue weighted by molar-refractivity contribution is 5.66. The molecule has 0 saturated heterocycles. The lowest BCUT2D eigenvalue weighted by Crippen LogP contribution is -1.91. The van der Waals surface area contributed by atoms with Crippen LogP contribution in [0.3, 0.4) is 0 Å². The molecular formula is C10H18O3. The lowest BCUT2D eigenvalue weighted by Gasteiger charge is -1.93. The Bertz CT molecular complexity index is 152. The Balaban J connectivity index is 3.08. The summed E-state index contributed by atoms with van der Waals surface area (Å²) in [7, 11) is 0. The molecule has 13 heavy (non-hydrogen) atoms. The van der Waals surface area contributed by atoms with Gasteiger partial charge in [-0.3, -0.25) is 4.79 Å². The predicted octanol–water partition coefficient (Wildman–Crippen LogP) is 1.96. The maximum atomic E-state index is 10.1. The Morgan fingerprint density at radius 2 is 1.77 bits per heavy atom. The van der Waals surface area contributed by atoms with Crippen molar-refractivity contribution in [2.75, 3.05) is 6.61 Å². The number of hydrogen-bond donors (Lipinski definition) is 2. The molecule has 0 heterocycles. The second-order valence-electron chi connectivity index (χ2n) is 2.98. The molecule has 0 amide bonds. The highest BCUT2D eigenvalue weighted by Gasteiger charge is 1.91. The lowest BCUT2D eigenvalue weighted by molar-refractivity contribution is -0.136. The molecule has 2 N–H and O–H groups in total. The summed E-state index contributed by atoms with van der Waals surface area (Å²) in [5, 5.41) is 16.8. The highest BCUT2D eigenvalue weighted by atomic mass is 16.4. The van der Waals surface area contributed by atoms with Crippen molar-refractivity contribution >= 4 is 5.97 Å². The Hall–Kier alpha value is -0.830. The van der Waals surface area contributed by atoms with E-state index in [1.165, 1.54) is 0 Å². The molecule has 0 fully saturated rings. The second-order valence-corrected chi connectivity index (χ2v) is 2.98. The first-order valence-electron chi connectivity index (χ1n) is 4.75. The van der Waals surface area contributed by atoms with Crippen molar-refractivity contribution in [3.8, 4) is 0 Å². The van der Waals surface area contributed by atoms with Crippen LogP contribution in [0.15, 0.2) is 12.2 Å². The van der Waals surface area contributed by atoms with Gasteiger partial charge in [0.05, 0.1) is 0 Å². The number of unbranched alkanes of at least 4 members (excludes halogenated alkanes) is 3. The summed E-state index contributed by atoms with van der Waals surface area (Å²) >= 11 is 0. The molecule has 0 aromatic carbocycles. The predicted molar refractivity (Wildman–Crippen MR) is 51.6 cm³/mol. The van der Waals surface area contributed by atoms with Gasteiger partial charge in [0.15, 0.2) is 0 Å². The van der Waals surface area contributed by atoms with Crippen LogP contribution in [0, 0.1) is 0 Å². The largest absolute Gasteiger partial charge is 0.481 e. The van der Waals surface area contributed by atoms with Gasteiger partial charge >= 0.3 is 5.97 Å². The molecule has 0 unspecified atom stereocenters. The third-order valence-electron chi connectivity index (χ3n) is 1.72. The number of aliphatic carboxylic acids is 1. The molecule has 0 saturated carbocycles. The van der Waals surface area contributed by atoms with Gasteiger partial charge in [-0.15, -0.1) is 0 Å². The number of carboxylic acid groups (broad SMARTS) is 1. The minimum absolute atomic E-state index is 0.215.